The number of imide groups is 2. The van der Waals surface area contributed by atoms with Crippen LogP contribution in [0.1, 0.15) is 100 Å². The second-order valence-electron chi connectivity index (χ2n) is 16.8. The molecule has 5 aliphatic heterocycles. The molecule has 5 aliphatic rings. The number of aromatic hydroxyl groups is 1. The molecule has 11 nitrogen and oxygen atoms in total. The number of allylic oxidation sites excluding steroid dienone is 1. The number of benzene rings is 4. The number of carbonyl (C=O) groups is 5. The zero-order valence-corrected chi connectivity index (χ0v) is 33.4. The first-order valence-corrected chi connectivity index (χ1v) is 20.9. The van der Waals surface area contributed by atoms with Crippen LogP contribution in [0.3, 0.4) is 0 Å². The number of phenolic OH excluding ortho intramolecular Hbond substituents is 1. The zero-order valence-electron chi connectivity index (χ0n) is 33.4. The number of anilines is 1. The Kier molecular flexibility index (Phi) is 10.2. The van der Waals surface area contributed by atoms with Crippen molar-refractivity contribution in [2.24, 2.45) is 5.41 Å². The maximum Gasteiger partial charge on any atom is 0.262 e. The van der Waals surface area contributed by atoms with Gasteiger partial charge in [0.2, 0.25) is 17.7 Å². The fourth-order valence-electron chi connectivity index (χ4n) is 9.96. The lowest BCUT2D eigenvalue weighted by Gasteiger charge is -2.47. The van der Waals surface area contributed by atoms with Crippen LogP contribution in [-0.2, 0) is 27.5 Å². The molecule has 59 heavy (non-hydrogen) atoms. The first kappa shape index (κ1) is 38.4. The Morgan fingerprint density at radius 2 is 1.32 bits per heavy atom. The van der Waals surface area contributed by atoms with Crippen molar-refractivity contribution in [2.75, 3.05) is 37.6 Å². The lowest BCUT2D eigenvalue weighted by molar-refractivity contribution is -0.137. The summed E-state index contributed by atoms with van der Waals surface area (Å²) in [6, 6.07) is 29.4. The number of nitrogens with one attached hydrogen (secondary N) is 1. The van der Waals surface area contributed by atoms with E-state index >= 15 is 0 Å². The van der Waals surface area contributed by atoms with E-state index in [-0.39, 0.29) is 47.6 Å². The number of rotatable bonds is 8. The molecule has 11 heteroatoms. The van der Waals surface area contributed by atoms with Crippen molar-refractivity contribution in [2.45, 2.75) is 71.0 Å². The molecule has 1 spiro atoms. The van der Waals surface area contributed by atoms with Crippen molar-refractivity contribution in [1.29, 1.82) is 0 Å². The molecule has 0 aliphatic carbocycles. The quantitative estimate of drug-likeness (QED) is 0.155. The van der Waals surface area contributed by atoms with E-state index in [0.29, 0.717) is 13.1 Å². The maximum atomic E-state index is 13.6. The lowest BCUT2D eigenvalue weighted by Crippen LogP contribution is -2.54. The first-order chi connectivity index (χ1) is 28.6. The number of likely N-dealkylation sites (tertiary alicyclic amines) is 1. The van der Waals surface area contributed by atoms with Crippen molar-refractivity contribution in [3.8, 4) is 5.75 Å². The molecule has 9 rings (SSSR count). The second kappa shape index (κ2) is 15.6. The van der Waals surface area contributed by atoms with Gasteiger partial charge in [0, 0.05) is 51.4 Å². The van der Waals surface area contributed by atoms with E-state index in [4.69, 9.17) is 0 Å². The van der Waals surface area contributed by atoms with Gasteiger partial charge in [-0.25, -0.2) is 0 Å². The Morgan fingerprint density at radius 1 is 0.746 bits per heavy atom. The summed E-state index contributed by atoms with van der Waals surface area (Å²) < 4.78 is 0. The number of piperidine rings is 3. The van der Waals surface area contributed by atoms with Crippen LogP contribution >= 0.6 is 0 Å². The number of fused-ring (bicyclic) bond motifs is 2. The Hall–Kier alpha value is -6.07. The summed E-state index contributed by atoms with van der Waals surface area (Å²) in [5, 5.41) is 12.3. The van der Waals surface area contributed by atoms with Gasteiger partial charge in [-0.2, -0.15) is 0 Å². The highest BCUT2D eigenvalue weighted by Gasteiger charge is 2.46. The van der Waals surface area contributed by atoms with Gasteiger partial charge in [-0.05, 0) is 119 Å². The molecule has 5 heterocycles. The van der Waals surface area contributed by atoms with Gasteiger partial charge >= 0.3 is 0 Å². The minimum absolute atomic E-state index is 0.0787. The molecular weight excluding hydrogens is 743 g/mol. The number of nitrogens with zero attached hydrogens (tertiary/aromatic N) is 4. The van der Waals surface area contributed by atoms with Crippen LogP contribution in [0.5, 0.6) is 5.75 Å². The van der Waals surface area contributed by atoms with Crippen molar-refractivity contribution >= 4 is 46.4 Å². The third-order valence-corrected chi connectivity index (χ3v) is 13.4. The Morgan fingerprint density at radius 3 is 1.90 bits per heavy atom. The maximum absolute atomic E-state index is 13.6. The van der Waals surface area contributed by atoms with E-state index in [2.05, 4.69) is 70.6 Å². The summed E-state index contributed by atoms with van der Waals surface area (Å²) >= 11 is 0. The topological polar surface area (TPSA) is 131 Å². The molecule has 0 radical (unpaired) electrons. The number of hydrogen-bond acceptors (Lipinski definition) is 8. The third-order valence-electron chi connectivity index (χ3n) is 13.4. The van der Waals surface area contributed by atoms with Crippen molar-refractivity contribution in [1.82, 2.24) is 20.0 Å². The van der Waals surface area contributed by atoms with Gasteiger partial charge < -0.3 is 14.9 Å². The van der Waals surface area contributed by atoms with Crippen molar-refractivity contribution in [3.63, 3.8) is 0 Å². The van der Waals surface area contributed by atoms with Crippen LogP contribution in [0, 0.1) is 5.41 Å². The largest absolute Gasteiger partial charge is 0.508 e. The molecule has 0 aromatic heterocycles. The smallest absolute Gasteiger partial charge is 0.262 e. The van der Waals surface area contributed by atoms with E-state index in [0.717, 1.165) is 85.4 Å². The molecule has 302 valence electrons. The monoisotopic (exact) mass is 791 g/mol. The first-order valence-electron chi connectivity index (χ1n) is 20.9. The van der Waals surface area contributed by atoms with Crippen LogP contribution in [0.4, 0.5) is 5.69 Å². The van der Waals surface area contributed by atoms with Gasteiger partial charge in [0.05, 0.1) is 17.7 Å². The molecule has 3 saturated heterocycles. The van der Waals surface area contributed by atoms with Gasteiger partial charge in [0.15, 0.2) is 0 Å². The van der Waals surface area contributed by atoms with E-state index in [1.165, 1.54) is 22.4 Å². The predicted molar refractivity (Wildman–Crippen MR) is 224 cm³/mol. The highest BCUT2D eigenvalue weighted by atomic mass is 16.3. The molecule has 5 amide bonds. The van der Waals surface area contributed by atoms with Crippen LogP contribution in [0.25, 0.3) is 11.1 Å². The molecular formula is C48H49N5O6. The average Bonchev–Trinajstić information content (AvgIpc) is 3.75. The fourth-order valence-corrected chi connectivity index (χ4v) is 9.96. The van der Waals surface area contributed by atoms with Gasteiger partial charge in [-0.15, -0.1) is 0 Å². The molecule has 1 unspecified atom stereocenters. The summed E-state index contributed by atoms with van der Waals surface area (Å²) in [5.74, 6) is -1.69. The van der Waals surface area contributed by atoms with Gasteiger partial charge in [0.1, 0.15) is 11.8 Å². The van der Waals surface area contributed by atoms with E-state index in [9.17, 15) is 29.1 Å². The van der Waals surface area contributed by atoms with E-state index < -0.39 is 29.7 Å². The average molecular weight is 792 g/mol. The highest BCUT2D eigenvalue weighted by molar-refractivity contribution is 6.23. The highest BCUT2D eigenvalue weighted by Crippen LogP contribution is 2.43. The Labute approximate surface area is 344 Å². The number of amides is 5. The third kappa shape index (κ3) is 7.33. The SMILES string of the molecule is CC/C(=C(\c1ccc(O)cc1)c1ccc(N2CCC3(CCN(C(=O)CN4Cc5cc6c(cc5C4)C(=O)N(C4CCC(=O)NC4=O)C6=O)CC3)CC2)cc1)c1ccccc1. The number of carbonyl (C=O) groups excluding carboxylic acids is 5. The Bertz CT molecular complexity index is 2310. The molecule has 4 aromatic rings. The molecule has 3 fully saturated rings. The van der Waals surface area contributed by atoms with Gasteiger partial charge in [-0.1, -0.05) is 61.5 Å². The summed E-state index contributed by atoms with van der Waals surface area (Å²) in [4.78, 5) is 71.9. The lowest BCUT2D eigenvalue weighted by atomic mass is 9.71. The molecule has 4 aromatic carbocycles. The molecule has 0 saturated carbocycles. The van der Waals surface area contributed by atoms with Crippen LogP contribution in [-0.4, -0.2) is 88.1 Å². The summed E-state index contributed by atoms with van der Waals surface area (Å²) in [7, 11) is 0. The normalized spacial score (nSPS) is 20.8. The van der Waals surface area contributed by atoms with Crippen LogP contribution in [0.15, 0.2) is 91.0 Å². The predicted octanol–water partition coefficient (Wildman–Crippen LogP) is 6.39. The van der Waals surface area contributed by atoms with E-state index in [1.54, 1.807) is 24.3 Å². The summed E-state index contributed by atoms with van der Waals surface area (Å²) in [5.41, 5.74) is 9.69. The fraction of sp³-hybridized carbons (Fsp3) is 0.354. The molecule has 1 atom stereocenters. The molecule has 2 N–H and O–H groups in total. The number of phenols is 1. The molecule has 0 bridgehead atoms. The minimum atomic E-state index is -0.992. The van der Waals surface area contributed by atoms with Crippen LogP contribution in [0.2, 0.25) is 0 Å². The Balaban J connectivity index is 0.791. The summed E-state index contributed by atoms with van der Waals surface area (Å²) in [6.07, 6.45) is 5.24. The van der Waals surface area contributed by atoms with Crippen LogP contribution < -0.4 is 10.2 Å². The van der Waals surface area contributed by atoms with Gasteiger partial charge in [0.25, 0.3) is 11.8 Å². The van der Waals surface area contributed by atoms with Gasteiger partial charge in [-0.3, -0.25) is 39.1 Å². The zero-order chi connectivity index (χ0) is 40.8. The van der Waals surface area contributed by atoms with Crippen molar-refractivity contribution < 1.29 is 29.1 Å². The standard InChI is InChI=1S/C48H49N5O6/c1-2-38(31-6-4-3-5-7-31)44(33-10-14-37(54)15-11-33)32-8-12-36(13-9-32)51-22-18-48(19-23-51)20-24-52(25-21-48)43(56)30-50-28-34-26-39-40(27-35(34)29-50)47(59)53(46(39)58)41-16-17-42(55)49-45(41)57/h3-15,26-27,41,54H,2,16-25,28-30H2,1H3,(H,49,55,57)/b44-38+. The second-order valence-corrected chi connectivity index (χ2v) is 16.8. The van der Waals surface area contributed by atoms with Crippen molar-refractivity contribution in [3.05, 3.63) is 130 Å². The van der Waals surface area contributed by atoms with E-state index in [1.807, 2.05) is 23.1 Å². The minimum Gasteiger partial charge on any atom is -0.508 e. The number of hydrogen-bond donors (Lipinski definition) is 2. The summed E-state index contributed by atoms with van der Waals surface area (Å²) in [6.45, 7) is 6.92.